The summed E-state index contributed by atoms with van der Waals surface area (Å²) in [5.74, 6) is -0.0898. The molecule has 1 saturated carbocycles. The van der Waals surface area contributed by atoms with Crippen LogP contribution in [0.5, 0.6) is 0 Å². The molecule has 1 amide bonds. The van der Waals surface area contributed by atoms with Crippen LogP contribution in [0.1, 0.15) is 32.1 Å². The van der Waals surface area contributed by atoms with E-state index in [2.05, 4.69) is 10.5 Å². The zero-order chi connectivity index (χ0) is 12.0. The van der Waals surface area contributed by atoms with E-state index in [0.717, 1.165) is 19.3 Å². The van der Waals surface area contributed by atoms with Gasteiger partial charge in [-0.2, -0.15) is 0 Å². The highest BCUT2D eigenvalue weighted by Crippen LogP contribution is 2.46. The Balaban J connectivity index is 1.65. The second kappa shape index (κ2) is 3.60. The Hall–Kier alpha value is -1.30. The van der Waals surface area contributed by atoms with Gasteiger partial charge in [0, 0.05) is 0 Å². The first-order valence-corrected chi connectivity index (χ1v) is 6.10. The third kappa shape index (κ3) is 1.58. The molecule has 0 aromatic heterocycles. The third-order valence-electron chi connectivity index (χ3n) is 4.21. The van der Waals surface area contributed by atoms with Crippen molar-refractivity contribution < 1.29 is 14.7 Å². The van der Waals surface area contributed by atoms with Crippen LogP contribution in [-0.2, 0) is 9.53 Å². The first-order valence-electron chi connectivity index (χ1n) is 6.10. The minimum atomic E-state index is -0.753. The van der Waals surface area contributed by atoms with Crippen LogP contribution in [0, 0.1) is 5.41 Å². The molecule has 6 heteroatoms. The molecule has 0 aromatic rings. The lowest BCUT2D eigenvalue weighted by Gasteiger charge is -2.23. The van der Waals surface area contributed by atoms with E-state index >= 15 is 0 Å². The number of carbonyl (C=O) groups excluding carboxylic acids is 1. The van der Waals surface area contributed by atoms with E-state index < -0.39 is 5.41 Å². The van der Waals surface area contributed by atoms with Gasteiger partial charge in [-0.1, -0.05) is 5.16 Å². The Morgan fingerprint density at radius 1 is 1.47 bits per heavy atom. The van der Waals surface area contributed by atoms with Crippen LogP contribution in [0.4, 0.5) is 0 Å². The lowest BCUT2D eigenvalue weighted by atomic mass is 9.94. The number of hydrogen-bond acceptors (Lipinski definition) is 4. The molecule has 0 radical (unpaired) electrons. The summed E-state index contributed by atoms with van der Waals surface area (Å²) < 4.78 is 5.68. The minimum Gasteiger partial charge on any atom is -0.409 e. The van der Waals surface area contributed by atoms with Crippen LogP contribution in [0.15, 0.2) is 5.16 Å². The fraction of sp³-hybridized carbons (Fsp3) is 0.818. The Morgan fingerprint density at radius 3 is 2.71 bits per heavy atom. The number of oxime groups is 1. The molecule has 2 bridgehead atoms. The topological polar surface area (TPSA) is 96.9 Å². The van der Waals surface area contributed by atoms with Gasteiger partial charge in [-0.25, -0.2) is 0 Å². The van der Waals surface area contributed by atoms with E-state index in [1.807, 2.05) is 0 Å². The predicted octanol–water partition coefficient (Wildman–Crippen LogP) is -0.0509. The van der Waals surface area contributed by atoms with E-state index in [9.17, 15) is 4.79 Å². The summed E-state index contributed by atoms with van der Waals surface area (Å²) in [6.07, 6.45) is 4.81. The molecular formula is C11H17N3O3. The molecule has 3 unspecified atom stereocenters. The van der Waals surface area contributed by atoms with Crippen molar-refractivity contribution in [3.8, 4) is 0 Å². The fourth-order valence-corrected chi connectivity index (χ4v) is 2.92. The molecule has 3 fully saturated rings. The van der Waals surface area contributed by atoms with Crippen molar-refractivity contribution in [2.75, 3.05) is 0 Å². The normalized spacial score (nSPS) is 38.1. The lowest BCUT2D eigenvalue weighted by molar-refractivity contribution is -0.125. The number of amidine groups is 1. The van der Waals surface area contributed by atoms with Crippen LogP contribution in [0.25, 0.3) is 0 Å². The summed E-state index contributed by atoms with van der Waals surface area (Å²) in [5, 5.41) is 14.6. The Morgan fingerprint density at radius 2 is 2.24 bits per heavy atom. The van der Waals surface area contributed by atoms with Crippen LogP contribution in [0.3, 0.4) is 0 Å². The molecule has 3 aliphatic rings. The number of nitrogens with zero attached hydrogens (tertiary/aromatic N) is 1. The Bertz CT molecular complexity index is 378. The lowest BCUT2D eigenvalue weighted by Crippen LogP contribution is -2.48. The number of fused-ring (bicyclic) bond motifs is 2. The molecular weight excluding hydrogens is 222 g/mol. The Labute approximate surface area is 99.2 Å². The van der Waals surface area contributed by atoms with Gasteiger partial charge in [0.05, 0.1) is 18.2 Å². The second-order valence-corrected chi connectivity index (χ2v) is 5.26. The highest BCUT2D eigenvalue weighted by Gasteiger charge is 2.55. The fourth-order valence-electron chi connectivity index (χ4n) is 2.92. The van der Waals surface area contributed by atoms with Crippen molar-refractivity contribution in [1.29, 1.82) is 0 Å². The van der Waals surface area contributed by atoms with Crippen molar-refractivity contribution in [3.63, 3.8) is 0 Å². The summed E-state index contributed by atoms with van der Waals surface area (Å²) in [4.78, 5) is 12.1. The van der Waals surface area contributed by atoms with E-state index in [4.69, 9.17) is 15.7 Å². The van der Waals surface area contributed by atoms with Crippen LogP contribution in [0.2, 0.25) is 0 Å². The van der Waals surface area contributed by atoms with E-state index in [1.54, 1.807) is 0 Å². The Kier molecular flexibility index (Phi) is 2.29. The molecule has 0 spiro atoms. The summed E-state index contributed by atoms with van der Waals surface area (Å²) in [6, 6.07) is 0.102. The summed E-state index contributed by atoms with van der Waals surface area (Å²) in [7, 11) is 0. The van der Waals surface area contributed by atoms with Gasteiger partial charge in [-0.15, -0.1) is 0 Å². The third-order valence-corrected chi connectivity index (χ3v) is 4.21. The molecule has 2 saturated heterocycles. The molecule has 4 N–H and O–H groups in total. The minimum absolute atomic E-state index is 0.0269. The zero-order valence-corrected chi connectivity index (χ0v) is 9.56. The van der Waals surface area contributed by atoms with Crippen LogP contribution < -0.4 is 11.1 Å². The molecule has 3 rings (SSSR count). The predicted molar refractivity (Wildman–Crippen MR) is 59.5 cm³/mol. The average Bonchev–Trinajstić information content (AvgIpc) is 2.90. The van der Waals surface area contributed by atoms with E-state index in [1.165, 1.54) is 0 Å². The van der Waals surface area contributed by atoms with Gasteiger partial charge >= 0.3 is 0 Å². The number of nitrogens with one attached hydrogen (secondary N) is 1. The number of amides is 1. The molecule has 6 nitrogen and oxygen atoms in total. The second-order valence-electron chi connectivity index (χ2n) is 5.26. The standard InChI is InChI=1S/C11H17N3O3/c12-9(14-16)11(3-4-11)10(15)13-7-5-6-1-2-8(7)17-6/h6-8,16H,1-5H2,(H2,12,14)(H,13,15). The average molecular weight is 239 g/mol. The van der Waals surface area contributed by atoms with Gasteiger partial charge in [0.1, 0.15) is 5.41 Å². The largest absolute Gasteiger partial charge is 0.409 e. The molecule has 3 atom stereocenters. The highest BCUT2D eigenvalue weighted by molar-refractivity contribution is 6.09. The van der Waals surface area contributed by atoms with Crippen molar-refractivity contribution in [2.24, 2.45) is 16.3 Å². The van der Waals surface area contributed by atoms with Gasteiger partial charge in [0.15, 0.2) is 5.84 Å². The number of nitrogens with two attached hydrogens (primary N) is 1. The molecule has 2 heterocycles. The summed E-state index contributed by atoms with van der Waals surface area (Å²) in [6.45, 7) is 0. The smallest absolute Gasteiger partial charge is 0.234 e. The van der Waals surface area contributed by atoms with Gasteiger partial charge in [-0.3, -0.25) is 4.79 Å². The van der Waals surface area contributed by atoms with Crippen molar-refractivity contribution in [3.05, 3.63) is 0 Å². The maximum Gasteiger partial charge on any atom is 0.234 e. The number of ether oxygens (including phenoxy) is 1. The molecule has 94 valence electrons. The maximum absolute atomic E-state index is 12.1. The SMILES string of the molecule is NC(=NO)C1(C(=O)NC2CC3CCC2O3)CC1. The molecule has 2 aliphatic heterocycles. The first kappa shape index (κ1) is 10.8. The number of hydrogen-bond donors (Lipinski definition) is 3. The highest BCUT2D eigenvalue weighted by atomic mass is 16.5. The van der Waals surface area contributed by atoms with E-state index in [-0.39, 0.29) is 23.9 Å². The molecule has 1 aliphatic carbocycles. The number of rotatable bonds is 3. The monoisotopic (exact) mass is 239 g/mol. The first-order chi connectivity index (χ1) is 8.15. The van der Waals surface area contributed by atoms with Gasteiger partial charge < -0.3 is 21.0 Å². The zero-order valence-electron chi connectivity index (χ0n) is 9.56. The quantitative estimate of drug-likeness (QED) is 0.278. The van der Waals surface area contributed by atoms with Crippen molar-refractivity contribution >= 4 is 11.7 Å². The van der Waals surface area contributed by atoms with Crippen LogP contribution in [-0.4, -0.2) is 35.2 Å². The van der Waals surface area contributed by atoms with Crippen molar-refractivity contribution in [1.82, 2.24) is 5.32 Å². The van der Waals surface area contributed by atoms with Gasteiger partial charge in [-0.05, 0) is 32.1 Å². The molecule has 0 aromatic carbocycles. The maximum atomic E-state index is 12.1. The van der Waals surface area contributed by atoms with E-state index in [0.29, 0.717) is 18.9 Å². The summed E-state index contributed by atoms with van der Waals surface area (Å²) in [5.41, 5.74) is 4.82. The van der Waals surface area contributed by atoms with Gasteiger partial charge in [0.25, 0.3) is 0 Å². The summed E-state index contributed by atoms with van der Waals surface area (Å²) >= 11 is 0. The number of carbonyl (C=O) groups is 1. The van der Waals surface area contributed by atoms with Gasteiger partial charge in [0.2, 0.25) is 5.91 Å². The molecule has 17 heavy (non-hydrogen) atoms. The van der Waals surface area contributed by atoms with Crippen LogP contribution >= 0.6 is 0 Å². The van der Waals surface area contributed by atoms with Crippen molar-refractivity contribution in [2.45, 2.75) is 50.4 Å².